The molecule has 2 atom stereocenters. The molecule has 1 aliphatic heterocycles. The van der Waals surface area contributed by atoms with Crippen molar-refractivity contribution < 1.29 is 4.39 Å². The second-order valence-electron chi connectivity index (χ2n) is 4.33. The van der Waals surface area contributed by atoms with Gasteiger partial charge in [0.15, 0.2) is 11.6 Å². The summed E-state index contributed by atoms with van der Waals surface area (Å²) in [5, 5.41) is 3.39. The number of piperidine rings is 1. The summed E-state index contributed by atoms with van der Waals surface area (Å²) in [6, 6.07) is 2.69. The van der Waals surface area contributed by atoms with Crippen LogP contribution in [0.15, 0.2) is 17.2 Å². The Labute approximate surface area is 91.5 Å². The van der Waals surface area contributed by atoms with Gasteiger partial charge in [0, 0.05) is 18.0 Å². The molecule has 6 heteroatoms. The van der Waals surface area contributed by atoms with Crippen molar-refractivity contribution in [2.24, 2.45) is 17.0 Å². The highest BCUT2D eigenvalue weighted by Gasteiger charge is 2.45. The molecule has 0 spiro atoms. The van der Waals surface area contributed by atoms with Crippen LogP contribution < -0.4 is 4.90 Å². The van der Waals surface area contributed by atoms with Gasteiger partial charge in [-0.1, -0.05) is 0 Å². The fraction of sp³-hybridized carbons (Fsp3) is 0.500. The molecule has 82 valence electrons. The molecule has 16 heavy (non-hydrogen) atoms. The summed E-state index contributed by atoms with van der Waals surface area (Å²) in [5.41, 5.74) is 8.31. The zero-order valence-corrected chi connectivity index (χ0v) is 8.54. The molecule has 0 bridgehead atoms. The Hall–Kier alpha value is -1.81. The van der Waals surface area contributed by atoms with Crippen LogP contribution in [0.3, 0.4) is 0 Å². The molecule has 5 nitrogen and oxygen atoms in total. The summed E-state index contributed by atoms with van der Waals surface area (Å²) in [4.78, 5) is 8.61. The zero-order chi connectivity index (χ0) is 11.1. The number of halogens is 1. The van der Waals surface area contributed by atoms with E-state index >= 15 is 0 Å². The Bertz CT molecular complexity index is 472. The SMILES string of the molecule is [N-]=[N+]=Nc1ccc(F)c(N2CC3CC3C2)n1. The highest BCUT2D eigenvalue weighted by Crippen LogP contribution is 2.46. The van der Waals surface area contributed by atoms with Crippen LogP contribution in [0, 0.1) is 17.7 Å². The van der Waals surface area contributed by atoms with E-state index in [1.54, 1.807) is 0 Å². The van der Waals surface area contributed by atoms with Gasteiger partial charge < -0.3 is 4.90 Å². The Morgan fingerprint density at radius 2 is 2.19 bits per heavy atom. The average Bonchev–Trinajstić information content (AvgIpc) is 2.89. The van der Waals surface area contributed by atoms with Crippen molar-refractivity contribution in [3.63, 3.8) is 0 Å². The van der Waals surface area contributed by atoms with Crippen LogP contribution in [0.25, 0.3) is 10.4 Å². The normalized spacial score (nSPS) is 26.2. The predicted octanol–water partition coefficient (Wildman–Crippen LogP) is 2.62. The molecular weight excluding hydrogens is 209 g/mol. The molecule has 0 aromatic carbocycles. The first kappa shape index (κ1) is 9.42. The molecule has 0 amide bonds. The van der Waals surface area contributed by atoms with Crippen molar-refractivity contribution in [3.8, 4) is 0 Å². The molecule has 3 rings (SSSR count). The van der Waals surface area contributed by atoms with E-state index in [0.29, 0.717) is 17.7 Å². The third-order valence-electron chi connectivity index (χ3n) is 3.24. The highest BCUT2D eigenvalue weighted by molar-refractivity contribution is 5.47. The van der Waals surface area contributed by atoms with Crippen LogP contribution in [0.2, 0.25) is 0 Å². The molecule has 2 unspecified atom stereocenters. The van der Waals surface area contributed by atoms with Crippen LogP contribution in [0.1, 0.15) is 6.42 Å². The molecule has 2 fully saturated rings. The number of pyridine rings is 1. The average molecular weight is 219 g/mol. The minimum Gasteiger partial charge on any atom is -0.354 e. The number of hydrogen-bond donors (Lipinski definition) is 0. The summed E-state index contributed by atoms with van der Waals surface area (Å²) in [7, 11) is 0. The molecule has 1 saturated carbocycles. The maximum Gasteiger partial charge on any atom is 0.165 e. The van der Waals surface area contributed by atoms with Crippen molar-refractivity contribution in [1.82, 2.24) is 4.98 Å². The smallest absolute Gasteiger partial charge is 0.165 e. The number of fused-ring (bicyclic) bond motifs is 1. The van der Waals surface area contributed by atoms with Gasteiger partial charge in [0.25, 0.3) is 0 Å². The van der Waals surface area contributed by atoms with Gasteiger partial charge in [0.2, 0.25) is 0 Å². The van der Waals surface area contributed by atoms with E-state index < -0.39 is 0 Å². The lowest BCUT2D eigenvalue weighted by atomic mass is 10.3. The van der Waals surface area contributed by atoms with Gasteiger partial charge in [-0.2, -0.15) is 0 Å². The molecule has 2 heterocycles. The quantitative estimate of drug-likeness (QED) is 0.436. The Morgan fingerprint density at radius 1 is 1.44 bits per heavy atom. The van der Waals surface area contributed by atoms with Crippen LogP contribution in [-0.2, 0) is 0 Å². The molecule has 1 aromatic rings. The predicted molar refractivity (Wildman–Crippen MR) is 56.8 cm³/mol. The van der Waals surface area contributed by atoms with Crippen molar-refractivity contribution in [2.45, 2.75) is 6.42 Å². The van der Waals surface area contributed by atoms with Crippen LogP contribution in [0.4, 0.5) is 16.0 Å². The standard InChI is InChI=1S/C10H10FN5/c11-8-1-2-9(14-15-12)13-10(8)16-4-6-3-7(6)5-16/h1-2,6-7H,3-5H2. The second kappa shape index (κ2) is 3.35. The van der Waals surface area contributed by atoms with Gasteiger partial charge >= 0.3 is 0 Å². The Balaban J connectivity index is 1.92. The first-order valence-electron chi connectivity index (χ1n) is 5.24. The summed E-state index contributed by atoms with van der Waals surface area (Å²) in [5.74, 6) is 1.61. The molecule has 1 aromatic heterocycles. The fourth-order valence-electron chi connectivity index (χ4n) is 2.32. The maximum atomic E-state index is 13.6. The number of rotatable bonds is 2. The number of hydrogen-bond acceptors (Lipinski definition) is 3. The summed E-state index contributed by atoms with van der Waals surface area (Å²) in [6.45, 7) is 1.74. The van der Waals surface area contributed by atoms with Gasteiger partial charge in [-0.3, -0.25) is 0 Å². The third-order valence-corrected chi connectivity index (χ3v) is 3.24. The number of aromatic nitrogens is 1. The summed E-state index contributed by atoms with van der Waals surface area (Å²) < 4.78 is 13.6. The van der Waals surface area contributed by atoms with Crippen molar-refractivity contribution in [1.29, 1.82) is 0 Å². The van der Waals surface area contributed by atoms with Gasteiger partial charge in [-0.25, -0.2) is 9.37 Å². The number of azide groups is 1. The first-order chi connectivity index (χ1) is 7.78. The maximum absolute atomic E-state index is 13.6. The van der Waals surface area contributed by atoms with Crippen LogP contribution in [-0.4, -0.2) is 18.1 Å². The topological polar surface area (TPSA) is 64.9 Å². The van der Waals surface area contributed by atoms with Crippen LogP contribution >= 0.6 is 0 Å². The Kier molecular flexibility index (Phi) is 1.97. The van der Waals surface area contributed by atoms with Gasteiger partial charge in [-0.05, 0) is 41.0 Å². The molecular formula is C10H10FN5. The van der Waals surface area contributed by atoms with E-state index in [-0.39, 0.29) is 11.6 Å². The van der Waals surface area contributed by atoms with Gasteiger partial charge in [-0.15, -0.1) is 0 Å². The number of anilines is 1. The third kappa shape index (κ3) is 1.47. The summed E-state index contributed by atoms with van der Waals surface area (Å²) in [6.07, 6.45) is 1.26. The van der Waals surface area contributed by atoms with Crippen molar-refractivity contribution >= 4 is 11.6 Å². The molecule has 0 N–H and O–H groups in total. The molecule has 1 aliphatic carbocycles. The van der Waals surface area contributed by atoms with Crippen molar-refractivity contribution in [3.05, 3.63) is 28.4 Å². The number of nitrogens with zero attached hydrogens (tertiary/aromatic N) is 5. The van der Waals surface area contributed by atoms with E-state index in [4.69, 9.17) is 5.53 Å². The fourth-order valence-corrected chi connectivity index (χ4v) is 2.32. The minimum atomic E-state index is -0.349. The largest absolute Gasteiger partial charge is 0.354 e. The lowest BCUT2D eigenvalue weighted by Gasteiger charge is -2.19. The van der Waals surface area contributed by atoms with Crippen LogP contribution in [0.5, 0.6) is 0 Å². The van der Waals surface area contributed by atoms with E-state index in [1.165, 1.54) is 18.6 Å². The molecule has 1 saturated heterocycles. The molecule has 2 aliphatic rings. The highest BCUT2D eigenvalue weighted by atomic mass is 19.1. The second-order valence-corrected chi connectivity index (χ2v) is 4.33. The lowest BCUT2D eigenvalue weighted by Crippen LogP contribution is -2.23. The monoisotopic (exact) mass is 219 g/mol. The summed E-state index contributed by atoms with van der Waals surface area (Å²) >= 11 is 0. The first-order valence-corrected chi connectivity index (χ1v) is 5.24. The van der Waals surface area contributed by atoms with Gasteiger partial charge in [0.1, 0.15) is 5.82 Å². The van der Waals surface area contributed by atoms with Gasteiger partial charge in [0.05, 0.1) is 0 Å². The lowest BCUT2D eigenvalue weighted by molar-refractivity contribution is 0.611. The zero-order valence-electron chi connectivity index (χ0n) is 8.54. The van der Waals surface area contributed by atoms with E-state index in [0.717, 1.165) is 13.1 Å². The van der Waals surface area contributed by atoms with E-state index in [9.17, 15) is 4.39 Å². The Morgan fingerprint density at radius 3 is 2.88 bits per heavy atom. The molecule has 0 radical (unpaired) electrons. The van der Waals surface area contributed by atoms with Crippen molar-refractivity contribution in [2.75, 3.05) is 18.0 Å². The minimum absolute atomic E-state index is 0.222. The van der Waals surface area contributed by atoms with E-state index in [2.05, 4.69) is 15.0 Å². The van der Waals surface area contributed by atoms with E-state index in [1.807, 2.05) is 4.90 Å².